The van der Waals surface area contributed by atoms with E-state index in [1.165, 1.54) is 18.6 Å². The summed E-state index contributed by atoms with van der Waals surface area (Å²) in [4.78, 5) is 0. The third-order valence-electron chi connectivity index (χ3n) is 1.99. The fourth-order valence-electron chi connectivity index (χ4n) is 0.853. The van der Waals surface area contributed by atoms with Gasteiger partial charge in [-0.05, 0) is 47.6 Å². The molecule has 0 saturated carbocycles. The molecular weight excluding hydrogens is 271 g/mol. The van der Waals surface area contributed by atoms with Crippen LogP contribution in [0.15, 0.2) is 52.8 Å². The second-order valence-corrected chi connectivity index (χ2v) is 4.64. The molecule has 0 aliphatic rings. The average Bonchev–Trinajstić information content (AvgIpc) is 2.40. The number of aryl methyl sites for hydroxylation is 1. The number of rotatable bonds is 1. The largest absolute Gasteiger partial charge is 0.212 e. The molecule has 0 spiro atoms. The predicted molar refractivity (Wildman–Crippen MR) is 89.4 cm³/mol. The molecule has 1 aromatic carbocycles. The molecule has 0 amide bonds. The van der Waals surface area contributed by atoms with Gasteiger partial charge in [0, 0.05) is 5.03 Å². The van der Waals surface area contributed by atoms with Crippen molar-refractivity contribution in [1.29, 1.82) is 0 Å². The van der Waals surface area contributed by atoms with E-state index in [0.29, 0.717) is 5.03 Å². The quantitative estimate of drug-likeness (QED) is 0.414. The van der Waals surface area contributed by atoms with Crippen molar-refractivity contribution in [2.24, 2.45) is 0 Å². The van der Waals surface area contributed by atoms with Crippen molar-refractivity contribution in [2.75, 3.05) is 0 Å². The van der Waals surface area contributed by atoms with Crippen LogP contribution in [0.25, 0.3) is 0 Å². The van der Waals surface area contributed by atoms with Gasteiger partial charge in [-0.25, -0.2) is 4.39 Å². The molecule has 20 heavy (non-hydrogen) atoms. The van der Waals surface area contributed by atoms with Gasteiger partial charge in [-0.1, -0.05) is 53.1 Å². The first-order chi connectivity index (χ1) is 9.34. The molecule has 0 aliphatic carbocycles. The summed E-state index contributed by atoms with van der Waals surface area (Å²) in [6.45, 7) is 10.8. The Balaban J connectivity index is 0. The molecule has 0 radical (unpaired) electrons. The van der Waals surface area contributed by atoms with E-state index in [9.17, 15) is 4.39 Å². The first-order valence-corrected chi connectivity index (χ1v) is 6.74. The summed E-state index contributed by atoms with van der Waals surface area (Å²) in [5.74, 6) is 5.10. The van der Waals surface area contributed by atoms with Gasteiger partial charge in [0.2, 0.25) is 0 Å². The maximum Gasteiger partial charge on any atom is 0.0983 e. The molecule has 0 fully saturated rings. The highest BCUT2D eigenvalue weighted by molar-refractivity contribution is 6.31. The molecule has 2 heteroatoms. The molecule has 0 saturated heterocycles. The van der Waals surface area contributed by atoms with Gasteiger partial charge in [0.25, 0.3) is 0 Å². The van der Waals surface area contributed by atoms with E-state index < -0.39 is 0 Å². The van der Waals surface area contributed by atoms with Crippen molar-refractivity contribution in [3.8, 4) is 11.8 Å². The Morgan fingerprint density at radius 1 is 1.05 bits per heavy atom. The highest BCUT2D eigenvalue weighted by Crippen LogP contribution is 2.12. The molecule has 0 unspecified atom stereocenters. The van der Waals surface area contributed by atoms with Crippen LogP contribution in [0.4, 0.5) is 4.39 Å². The minimum Gasteiger partial charge on any atom is -0.212 e. The standard InChI is InChI=1S/C7H10ClF.C7H8.C4H6/c1-5(2)7(8)4-6(3)9;1-7-5-3-2-4-6-7;1-3-4-2/h4H,1-3H3;2-6H,1H3;1-2H3/b6-4+;;. The van der Waals surface area contributed by atoms with Gasteiger partial charge in [0.05, 0.1) is 5.83 Å². The summed E-state index contributed by atoms with van der Waals surface area (Å²) in [6.07, 6.45) is 1.30. The van der Waals surface area contributed by atoms with Crippen LogP contribution in [0.2, 0.25) is 0 Å². The number of allylic oxidation sites excluding steroid dienone is 4. The molecule has 0 heterocycles. The third kappa shape index (κ3) is 16.5. The molecule has 1 aromatic rings. The summed E-state index contributed by atoms with van der Waals surface area (Å²) >= 11 is 5.57. The second kappa shape index (κ2) is 13.9. The van der Waals surface area contributed by atoms with Crippen molar-refractivity contribution in [3.05, 3.63) is 58.4 Å². The fraction of sp³-hybridized carbons (Fsp3) is 0.333. The highest BCUT2D eigenvalue weighted by Gasteiger charge is 1.89. The van der Waals surface area contributed by atoms with E-state index >= 15 is 0 Å². The first kappa shape index (κ1) is 20.8. The second-order valence-electron chi connectivity index (χ2n) is 4.23. The number of hydrogen-bond acceptors (Lipinski definition) is 0. The topological polar surface area (TPSA) is 0 Å². The third-order valence-corrected chi connectivity index (χ3v) is 2.48. The van der Waals surface area contributed by atoms with E-state index in [4.69, 9.17) is 11.6 Å². The van der Waals surface area contributed by atoms with Crippen molar-refractivity contribution >= 4 is 11.6 Å². The Labute approximate surface area is 128 Å². The Bertz CT molecular complexity index is 459. The molecular formula is C18H24ClF. The fourth-order valence-corrected chi connectivity index (χ4v) is 1.00. The smallest absolute Gasteiger partial charge is 0.0983 e. The van der Waals surface area contributed by atoms with Gasteiger partial charge in [0.1, 0.15) is 0 Å². The monoisotopic (exact) mass is 294 g/mol. The zero-order chi connectivity index (χ0) is 16.0. The minimum absolute atomic E-state index is 0.263. The lowest BCUT2D eigenvalue weighted by molar-refractivity contribution is 0.640. The molecule has 0 atom stereocenters. The number of halogens is 2. The van der Waals surface area contributed by atoms with E-state index in [1.54, 1.807) is 0 Å². The van der Waals surface area contributed by atoms with Crippen LogP contribution in [0.3, 0.4) is 0 Å². The summed E-state index contributed by atoms with van der Waals surface area (Å²) in [5.41, 5.74) is 2.25. The van der Waals surface area contributed by atoms with Crippen molar-refractivity contribution < 1.29 is 4.39 Å². The van der Waals surface area contributed by atoms with Crippen LogP contribution >= 0.6 is 11.6 Å². The van der Waals surface area contributed by atoms with Gasteiger partial charge in [-0.2, -0.15) is 0 Å². The van der Waals surface area contributed by atoms with E-state index in [2.05, 4.69) is 30.9 Å². The van der Waals surface area contributed by atoms with Crippen LogP contribution < -0.4 is 0 Å². The summed E-state index contributed by atoms with van der Waals surface area (Å²) in [7, 11) is 0. The Morgan fingerprint density at radius 3 is 1.65 bits per heavy atom. The predicted octanol–water partition coefficient (Wildman–Crippen LogP) is 6.42. The maximum atomic E-state index is 12.1. The normalized spacial score (nSPS) is 8.90. The van der Waals surface area contributed by atoms with Crippen molar-refractivity contribution in [3.63, 3.8) is 0 Å². The molecule has 0 N–H and O–H groups in total. The average molecular weight is 295 g/mol. The van der Waals surface area contributed by atoms with Gasteiger partial charge in [-0.15, -0.1) is 11.8 Å². The molecule has 0 aromatic heterocycles. The highest BCUT2D eigenvalue weighted by atomic mass is 35.5. The molecule has 0 aliphatic heterocycles. The lowest BCUT2D eigenvalue weighted by atomic mass is 10.2. The van der Waals surface area contributed by atoms with E-state index in [-0.39, 0.29) is 5.83 Å². The SMILES string of the molecule is CC#CC.CC(C)=C(Cl)/C=C(\C)F.Cc1ccccc1. The van der Waals surface area contributed by atoms with Gasteiger partial charge in [-0.3, -0.25) is 0 Å². The first-order valence-electron chi connectivity index (χ1n) is 6.37. The van der Waals surface area contributed by atoms with E-state index in [1.807, 2.05) is 45.9 Å². The van der Waals surface area contributed by atoms with Crippen LogP contribution in [0, 0.1) is 18.8 Å². The Kier molecular flexibility index (Phi) is 14.5. The zero-order valence-corrected chi connectivity index (χ0v) is 14.0. The van der Waals surface area contributed by atoms with Crippen LogP contribution in [-0.4, -0.2) is 0 Å². The van der Waals surface area contributed by atoms with Crippen molar-refractivity contribution in [1.82, 2.24) is 0 Å². The number of benzene rings is 1. The Hall–Kier alpha value is -1.52. The maximum absolute atomic E-state index is 12.1. The molecule has 110 valence electrons. The van der Waals surface area contributed by atoms with Crippen molar-refractivity contribution in [2.45, 2.75) is 41.5 Å². The molecule has 0 bridgehead atoms. The lowest BCUT2D eigenvalue weighted by Gasteiger charge is -1.90. The number of hydrogen-bond donors (Lipinski definition) is 0. The van der Waals surface area contributed by atoms with E-state index in [0.717, 1.165) is 5.57 Å². The zero-order valence-electron chi connectivity index (χ0n) is 13.2. The molecule has 1 rings (SSSR count). The Morgan fingerprint density at radius 2 is 1.50 bits per heavy atom. The van der Waals surface area contributed by atoms with Gasteiger partial charge >= 0.3 is 0 Å². The summed E-state index contributed by atoms with van der Waals surface area (Å²) < 4.78 is 12.1. The van der Waals surface area contributed by atoms with Crippen LogP contribution in [0.1, 0.15) is 40.2 Å². The summed E-state index contributed by atoms with van der Waals surface area (Å²) in [6, 6.07) is 10.3. The van der Waals surface area contributed by atoms with Gasteiger partial charge in [0.15, 0.2) is 0 Å². The lowest BCUT2D eigenvalue weighted by Crippen LogP contribution is -1.70. The van der Waals surface area contributed by atoms with Crippen LogP contribution in [-0.2, 0) is 0 Å². The van der Waals surface area contributed by atoms with Crippen LogP contribution in [0.5, 0.6) is 0 Å². The van der Waals surface area contributed by atoms with Gasteiger partial charge < -0.3 is 0 Å². The molecule has 0 nitrogen and oxygen atoms in total. The minimum atomic E-state index is -0.263. The summed E-state index contributed by atoms with van der Waals surface area (Å²) in [5, 5.41) is 0.481.